The van der Waals surface area contributed by atoms with Gasteiger partial charge in [-0.05, 0) is 31.4 Å². The summed E-state index contributed by atoms with van der Waals surface area (Å²) in [5, 5.41) is 12.0. The summed E-state index contributed by atoms with van der Waals surface area (Å²) < 4.78 is 0.708. The van der Waals surface area contributed by atoms with Crippen LogP contribution < -0.4 is 11.1 Å². The molecule has 1 saturated heterocycles. The number of carbonyl (C=O) groups is 2. The summed E-state index contributed by atoms with van der Waals surface area (Å²) in [5.41, 5.74) is 6.35. The molecule has 0 saturated carbocycles. The summed E-state index contributed by atoms with van der Waals surface area (Å²) in [6.45, 7) is 0.587. The number of piperidine rings is 1. The molecule has 0 aliphatic carbocycles. The van der Waals surface area contributed by atoms with Crippen LogP contribution in [0.2, 0.25) is 0 Å². The van der Waals surface area contributed by atoms with Gasteiger partial charge < -0.3 is 16.0 Å². The number of likely N-dealkylation sites (tertiary alicyclic amines) is 1. The number of benzene rings is 1. The van der Waals surface area contributed by atoms with Gasteiger partial charge in [0.25, 0.3) is 0 Å². The molecule has 2 aromatic rings. The average molecular weight is 377 g/mol. The number of carbonyl (C=O) groups excluding carboxylic acids is 2. The van der Waals surface area contributed by atoms with Gasteiger partial charge in [0.1, 0.15) is 6.04 Å². The Morgan fingerprint density at radius 2 is 2.08 bits per heavy atom. The molecule has 1 aliphatic rings. The molecule has 132 valence electrons. The van der Waals surface area contributed by atoms with E-state index in [1.807, 2.05) is 30.3 Å². The van der Waals surface area contributed by atoms with Gasteiger partial charge in [0.05, 0.1) is 5.75 Å². The zero-order chi connectivity index (χ0) is 17.6. The maximum atomic E-state index is 12.4. The lowest BCUT2D eigenvalue weighted by Crippen LogP contribution is -2.51. The van der Waals surface area contributed by atoms with Crippen LogP contribution >= 0.6 is 23.1 Å². The smallest absolute Gasteiger partial charge is 0.240 e. The van der Waals surface area contributed by atoms with Crippen LogP contribution in [0.15, 0.2) is 34.7 Å². The summed E-state index contributed by atoms with van der Waals surface area (Å²) >= 11 is 2.72. The SMILES string of the molecule is NC(=O)[C@@H]1CCCCN1C(=O)CSc1nnc(Nc2ccccc2)s1. The maximum Gasteiger partial charge on any atom is 0.240 e. The number of hydrogen-bond acceptors (Lipinski definition) is 7. The van der Waals surface area contributed by atoms with E-state index >= 15 is 0 Å². The Labute approximate surface area is 154 Å². The normalized spacial score (nSPS) is 17.3. The first kappa shape index (κ1) is 17.7. The number of nitrogens with one attached hydrogen (secondary N) is 1. The van der Waals surface area contributed by atoms with Crippen LogP contribution in [0.25, 0.3) is 0 Å². The standard InChI is InChI=1S/C16H19N5O2S2/c17-14(23)12-8-4-5-9-21(12)13(22)10-24-16-20-19-15(25-16)18-11-6-2-1-3-7-11/h1-3,6-7,12H,4-5,8-10H2,(H2,17,23)(H,18,19)/t12-/m0/s1. The summed E-state index contributed by atoms with van der Waals surface area (Å²) in [6.07, 6.45) is 2.48. The van der Waals surface area contributed by atoms with Crippen molar-refractivity contribution in [2.45, 2.75) is 29.6 Å². The molecule has 1 aromatic heterocycles. The number of nitrogens with zero attached hydrogens (tertiary/aromatic N) is 3. The summed E-state index contributed by atoms with van der Waals surface area (Å²) in [6, 6.07) is 9.22. The van der Waals surface area contributed by atoms with Crippen molar-refractivity contribution < 1.29 is 9.59 Å². The van der Waals surface area contributed by atoms with Crippen LogP contribution in [0.5, 0.6) is 0 Å². The number of thioether (sulfide) groups is 1. The molecule has 2 amide bonds. The van der Waals surface area contributed by atoms with Gasteiger partial charge in [0.2, 0.25) is 16.9 Å². The summed E-state index contributed by atoms with van der Waals surface area (Å²) in [4.78, 5) is 25.5. The van der Waals surface area contributed by atoms with Gasteiger partial charge in [0.15, 0.2) is 4.34 Å². The molecule has 0 radical (unpaired) electrons. The van der Waals surface area contributed by atoms with Crippen molar-refractivity contribution in [3.05, 3.63) is 30.3 Å². The van der Waals surface area contributed by atoms with Gasteiger partial charge in [-0.3, -0.25) is 9.59 Å². The lowest BCUT2D eigenvalue weighted by atomic mass is 10.0. The van der Waals surface area contributed by atoms with E-state index in [-0.39, 0.29) is 11.7 Å². The van der Waals surface area contributed by atoms with E-state index in [2.05, 4.69) is 15.5 Å². The minimum Gasteiger partial charge on any atom is -0.368 e. The molecule has 1 fully saturated rings. The van der Waals surface area contributed by atoms with E-state index in [1.54, 1.807) is 4.90 Å². The van der Waals surface area contributed by atoms with E-state index in [0.717, 1.165) is 18.5 Å². The third-order valence-electron chi connectivity index (χ3n) is 3.90. The highest BCUT2D eigenvalue weighted by Gasteiger charge is 2.30. The van der Waals surface area contributed by atoms with Crippen molar-refractivity contribution in [1.29, 1.82) is 0 Å². The van der Waals surface area contributed by atoms with E-state index in [1.165, 1.54) is 23.1 Å². The molecule has 25 heavy (non-hydrogen) atoms. The van der Waals surface area contributed by atoms with Crippen molar-refractivity contribution in [1.82, 2.24) is 15.1 Å². The molecule has 1 aromatic carbocycles. The molecule has 0 bridgehead atoms. The molecule has 0 unspecified atom stereocenters. The first-order valence-electron chi connectivity index (χ1n) is 8.00. The highest BCUT2D eigenvalue weighted by molar-refractivity contribution is 8.01. The Kier molecular flexibility index (Phi) is 5.87. The molecule has 1 aliphatic heterocycles. The minimum atomic E-state index is -0.480. The van der Waals surface area contributed by atoms with Crippen molar-refractivity contribution in [3.8, 4) is 0 Å². The number of para-hydroxylation sites is 1. The molecule has 3 N–H and O–H groups in total. The van der Waals surface area contributed by atoms with Crippen LogP contribution in [-0.2, 0) is 9.59 Å². The molecule has 9 heteroatoms. The fraction of sp³-hybridized carbons (Fsp3) is 0.375. The second-order valence-electron chi connectivity index (χ2n) is 5.65. The maximum absolute atomic E-state index is 12.4. The Morgan fingerprint density at radius 1 is 1.28 bits per heavy atom. The fourth-order valence-electron chi connectivity index (χ4n) is 2.70. The van der Waals surface area contributed by atoms with Crippen molar-refractivity contribution >= 4 is 45.7 Å². The van der Waals surface area contributed by atoms with Crippen molar-refractivity contribution in [2.75, 3.05) is 17.6 Å². The monoisotopic (exact) mass is 377 g/mol. The van der Waals surface area contributed by atoms with Gasteiger partial charge >= 0.3 is 0 Å². The van der Waals surface area contributed by atoms with E-state index in [9.17, 15) is 9.59 Å². The second kappa shape index (κ2) is 8.30. The van der Waals surface area contributed by atoms with Crippen LogP contribution in [0.1, 0.15) is 19.3 Å². The molecule has 3 rings (SSSR count). The molecule has 7 nitrogen and oxygen atoms in total. The van der Waals surface area contributed by atoms with Crippen molar-refractivity contribution in [2.24, 2.45) is 5.73 Å². The van der Waals surface area contributed by atoms with Crippen LogP contribution in [0, 0.1) is 0 Å². The zero-order valence-corrected chi connectivity index (χ0v) is 15.2. The number of nitrogens with two attached hydrogens (primary N) is 1. The lowest BCUT2D eigenvalue weighted by molar-refractivity contribution is -0.138. The Morgan fingerprint density at radius 3 is 2.84 bits per heavy atom. The highest BCUT2D eigenvalue weighted by Crippen LogP contribution is 2.28. The third-order valence-corrected chi connectivity index (χ3v) is 5.86. The van der Waals surface area contributed by atoms with Crippen LogP contribution in [0.3, 0.4) is 0 Å². The van der Waals surface area contributed by atoms with E-state index in [0.29, 0.717) is 22.4 Å². The lowest BCUT2D eigenvalue weighted by Gasteiger charge is -2.33. The highest BCUT2D eigenvalue weighted by atomic mass is 32.2. The number of anilines is 2. The predicted molar refractivity (Wildman–Crippen MR) is 98.9 cm³/mol. The Bertz CT molecular complexity index is 737. The predicted octanol–water partition coefficient (Wildman–Crippen LogP) is 2.24. The van der Waals surface area contributed by atoms with E-state index in [4.69, 9.17) is 5.73 Å². The third kappa shape index (κ3) is 4.70. The zero-order valence-electron chi connectivity index (χ0n) is 13.6. The quantitative estimate of drug-likeness (QED) is 0.749. The largest absolute Gasteiger partial charge is 0.368 e. The van der Waals surface area contributed by atoms with Crippen LogP contribution in [-0.4, -0.2) is 45.3 Å². The van der Waals surface area contributed by atoms with Gasteiger partial charge in [-0.2, -0.15) is 0 Å². The first-order valence-corrected chi connectivity index (χ1v) is 9.81. The number of hydrogen-bond donors (Lipinski definition) is 2. The molecule has 1 atom stereocenters. The van der Waals surface area contributed by atoms with Crippen molar-refractivity contribution in [3.63, 3.8) is 0 Å². The van der Waals surface area contributed by atoms with Gasteiger partial charge in [-0.15, -0.1) is 10.2 Å². The molecular weight excluding hydrogens is 358 g/mol. The van der Waals surface area contributed by atoms with Gasteiger partial charge in [-0.1, -0.05) is 41.3 Å². The van der Waals surface area contributed by atoms with E-state index < -0.39 is 11.9 Å². The summed E-state index contributed by atoms with van der Waals surface area (Å²) in [5.74, 6) is -0.284. The minimum absolute atomic E-state index is 0.0822. The molecule has 2 heterocycles. The number of aromatic nitrogens is 2. The molecule has 0 spiro atoms. The van der Waals surface area contributed by atoms with Gasteiger partial charge in [-0.25, -0.2) is 0 Å². The van der Waals surface area contributed by atoms with Gasteiger partial charge in [0, 0.05) is 12.2 Å². The number of amides is 2. The fourth-order valence-corrected chi connectivity index (χ4v) is 4.35. The number of primary amides is 1. The topological polar surface area (TPSA) is 101 Å². The van der Waals surface area contributed by atoms with Crippen LogP contribution in [0.4, 0.5) is 10.8 Å². The summed E-state index contributed by atoms with van der Waals surface area (Å²) in [7, 11) is 0. The average Bonchev–Trinajstić information content (AvgIpc) is 3.08. The Balaban J connectivity index is 1.54. The first-order chi connectivity index (χ1) is 12.1. The number of rotatable bonds is 6. The molecular formula is C16H19N5O2S2. The second-order valence-corrected chi connectivity index (χ2v) is 7.85. The Hall–Kier alpha value is -2.13.